The van der Waals surface area contributed by atoms with E-state index in [1.54, 1.807) is 6.92 Å². The van der Waals surface area contributed by atoms with Crippen molar-refractivity contribution in [3.8, 4) is 5.75 Å². The van der Waals surface area contributed by atoms with E-state index in [0.717, 1.165) is 34.7 Å². The molecule has 9 heteroatoms. The van der Waals surface area contributed by atoms with Crippen LogP contribution in [0.25, 0.3) is 0 Å². The number of ether oxygens (including phenoxy) is 2. The number of carbonyl (C=O) groups excluding carboxylic acids is 2. The summed E-state index contributed by atoms with van der Waals surface area (Å²) in [6.07, 6.45) is -3.83. The Morgan fingerprint density at radius 2 is 1.79 bits per heavy atom. The molecule has 0 fully saturated rings. The van der Waals surface area contributed by atoms with E-state index in [0.29, 0.717) is 17.0 Å². The molecule has 1 amide bonds. The fourth-order valence-electron chi connectivity index (χ4n) is 2.56. The van der Waals surface area contributed by atoms with Crippen molar-refractivity contribution in [1.29, 1.82) is 0 Å². The van der Waals surface area contributed by atoms with Gasteiger partial charge in [0.2, 0.25) is 0 Å². The third-order valence-electron chi connectivity index (χ3n) is 3.85. The first kappa shape index (κ1) is 21.7. The van der Waals surface area contributed by atoms with Gasteiger partial charge in [-0.15, -0.1) is 11.3 Å². The third kappa shape index (κ3) is 5.25. The molecule has 0 saturated heterocycles. The number of amides is 1. The van der Waals surface area contributed by atoms with Crippen LogP contribution in [0.1, 0.15) is 40.2 Å². The van der Waals surface area contributed by atoms with Crippen LogP contribution in [-0.2, 0) is 22.1 Å². The highest BCUT2D eigenvalue weighted by Gasteiger charge is 2.30. The molecule has 28 heavy (non-hydrogen) atoms. The van der Waals surface area contributed by atoms with E-state index in [4.69, 9.17) is 9.47 Å². The minimum absolute atomic E-state index is 0.130. The first-order valence-corrected chi connectivity index (χ1v) is 9.38. The number of nitrogens with one attached hydrogen (secondary N) is 1. The molecule has 1 aromatic carbocycles. The Balaban J connectivity index is 2.06. The van der Waals surface area contributed by atoms with E-state index < -0.39 is 30.2 Å². The van der Waals surface area contributed by atoms with Crippen LogP contribution in [0.3, 0.4) is 0 Å². The molecule has 0 saturated carbocycles. The summed E-state index contributed by atoms with van der Waals surface area (Å²) in [6, 6.07) is 4.04. The monoisotopic (exact) mass is 415 g/mol. The summed E-state index contributed by atoms with van der Waals surface area (Å²) in [5.74, 6) is -0.914. The number of anilines is 1. The van der Waals surface area contributed by atoms with Gasteiger partial charge in [0, 0.05) is 4.88 Å². The van der Waals surface area contributed by atoms with E-state index >= 15 is 0 Å². The number of carbonyl (C=O) groups is 2. The molecule has 1 N–H and O–H groups in total. The standard InChI is InChI=1S/C19H20F3NO4S/c1-4-14-11(3)28-17(16(14)18(25)26-5-2)23-15(24)10-27-13-8-6-12(7-9-13)19(20,21)22/h6-9H,4-5,10H2,1-3H3,(H,23,24). The highest BCUT2D eigenvalue weighted by molar-refractivity contribution is 7.16. The summed E-state index contributed by atoms with van der Waals surface area (Å²) in [5.41, 5.74) is 0.335. The zero-order valence-corrected chi connectivity index (χ0v) is 16.4. The lowest BCUT2D eigenvalue weighted by Crippen LogP contribution is -2.21. The molecule has 0 aliphatic carbocycles. The van der Waals surface area contributed by atoms with E-state index in [-0.39, 0.29) is 12.4 Å². The summed E-state index contributed by atoms with van der Waals surface area (Å²) in [5, 5.41) is 2.99. The van der Waals surface area contributed by atoms with Crippen molar-refractivity contribution in [3.63, 3.8) is 0 Å². The molecule has 1 heterocycles. The van der Waals surface area contributed by atoms with Gasteiger partial charge in [0.15, 0.2) is 6.61 Å². The highest BCUT2D eigenvalue weighted by Crippen LogP contribution is 2.34. The number of halogens is 3. The molecular formula is C19H20F3NO4S. The molecule has 0 unspecified atom stereocenters. The van der Waals surface area contributed by atoms with Crippen LogP contribution < -0.4 is 10.1 Å². The smallest absolute Gasteiger partial charge is 0.416 e. The number of alkyl halides is 3. The van der Waals surface area contributed by atoms with Crippen LogP contribution in [0.2, 0.25) is 0 Å². The summed E-state index contributed by atoms with van der Waals surface area (Å²) in [6.45, 7) is 5.24. The average molecular weight is 415 g/mol. The second-order valence-corrected chi connectivity index (χ2v) is 7.00. The molecule has 5 nitrogen and oxygen atoms in total. The van der Waals surface area contributed by atoms with Crippen molar-refractivity contribution in [2.24, 2.45) is 0 Å². The van der Waals surface area contributed by atoms with Crippen LogP contribution in [0, 0.1) is 6.92 Å². The Labute approximate surface area is 164 Å². The molecule has 0 radical (unpaired) electrons. The van der Waals surface area contributed by atoms with Crippen LogP contribution in [-0.4, -0.2) is 25.1 Å². The van der Waals surface area contributed by atoms with Gasteiger partial charge in [-0.1, -0.05) is 6.92 Å². The van der Waals surface area contributed by atoms with Crippen molar-refractivity contribution in [2.75, 3.05) is 18.5 Å². The number of esters is 1. The lowest BCUT2D eigenvalue weighted by Gasteiger charge is -2.10. The maximum atomic E-state index is 12.6. The lowest BCUT2D eigenvalue weighted by atomic mass is 10.1. The molecule has 1 aromatic heterocycles. The molecule has 152 valence electrons. The molecular weight excluding hydrogens is 395 g/mol. The van der Waals surface area contributed by atoms with Gasteiger partial charge in [-0.2, -0.15) is 13.2 Å². The topological polar surface area (TPSA) is 64.6 Å². The summed E-state index contributed by atoms with van der Waals surface area (Å²) < 4.78 is 48.0. The Bertz CT molecular complexity index is 844. The number of aryl methyl sites for hydroxylation is 1. The molecule has 2 rings (SSSR count). The second-order valence-electron chi connectivity index (χ2n) is 5.77. The van der Waals surface area contributed by atoms with E-state index in [1.165, 1.54) is 11.3 Å². The summed E-state index contributed by atoms with van der Waals surface area (Å²) >= 11 is 1.26. The van der Waals surface area contributed by atoms with Crippen molar-refractivity contribution >= 4 is 28.2 Å². The Morgan fingerprint density at radius 1 is 1.14 bits per heavy atom. The van der Waals surface area contributed by atoms with Gasteiger partial charge in [-0.25, -0.2) is 4.79 Å². The quantitative estimate of drug-likeness (QED) is 0.658. The van der Waals surface area contributed by atoms with Gasteiger partial charge in [-0.05, 0) is 50.1 Å². The summed E-state index contributed by atoms with van der Waals surface area (Å²) in [4.78, 5) is 25.3. The lowest BCUT2D eigenvalue weighted by molar-refractivity contribution is -0.137. The van der Waals surface area contributed by atoms with Crippen molar-refractivity contribution < 1.29 is 32.2 Å². The second kappa shape index (κ2) is 9.09. The SMILES string of the molecule is CCOC(=O)c1c(NC(=O)COc2ccc(C(F)(F)F)cc2)sc(C)c1CC. The van der Waals surface area contributed by atoms with Crippen LogP contribution in [0.5, 0.6) is 5.75 Å². The van der Waals surface area contributed by atoms with Gasteiger partial charge in [0.05, 0.1) is 17.7 Å². The third-order valence-corrected chi connectivity index (χ3v) is 4.91. The average Bonchev–Trinajstić information content (AvgIpc) is 2.94. The minimum Gasteiger partial charge on any atom is -0.484 e. The zero-order valence-electron chi connectivity index (χ0n) is 15.6. The van der Waals surface area contributed by atoms with Crippen LogP contribution >= 0.6 is 11.3 Å². The molecule has 0 aliphatic rings. The molecule has 0 atom stereocenters. The number of rotatable bonds is 7. The number of hydrogen-bond donors (Lipinski definition) is 1. The first-order valence-electron chi connectivity index (χ1n) is 8.56. The first-order chi connectivity index (χ1) is 13.2. The number of thiophene rings is 1. The maximum Gasteiger partial charge on any atom is 0.416 e. The number of benzene rings is 1. The van der Waals surface area contributed by atoms with Gasteiger partial charge >= 0.3 is 12.1 Å². The molecule has 2 aromatic rings. The Hall–Kier alpha value is -2.55. The van der Waals surface area contributed by atoms with Gasteiger partial charge in [0.25, 0.3) is 5.91 Å². The van der Waals surface area contributed by atoms with Crippen molar-refractivity contribution in [1.82, 2.24) is 0 Å². The van der Waals surface area contributed by atoms with E-state index in [1.807, 2.05) is 13.8 Å². The van der Waals surface area contributed by atoms with E-state index in [9.17, 15) is 22.8 Å². The molecule has 0 aliphatic heterocycles. The fourth-order valence-corrected chi connectivity index (χ4v) is 3.71. The van der Waals surface area contributed by atoms with Crippen molar-refractivity contribution in [3.05, 3.63) is 45.8 Å². The normalized spacial score (nSPS) is 11.2. The van der Waals surface area contributed by atoms with Crippen LogP contribution in [0.15, 0.2) is 24.3 Å². The summed E-state index contributed by atoms with van der Waals surface area (Å²) in [7, 11) is 0. The fraction of sp³-hybridized carbons (Fsp3) is 0.368. The molecule has 0 bridgehead atoms. The van der Waals surface area contributed by atoms with Crippen molar-refractivity contribution in [2.45, 2.75) is 33.4 Å². The predicted molar refractivity (Wildman–Crippen MR) is 100.0 cm³/mol. The van der Waals surface area contributed by atoms with Gasteiger partial charge in [0.1, 0.15) is 10.8 Å². The van der Waals surface area contributed by atoms with Crippen LogP contribution in [0.4, 0.5) is 18.2 Å². The number of hydrogen-bond acceptors (Lipinski definition) is 5. The zero-order chi connectivity index (χ0) is 20.9. The Morgan fingerprint density at radius 3 is 2.32 bits per heavy atom. The minimum atomic E-state index is -4.44. The Kier molecular flexibility index (Phi) is 7.06. The maximum absolute atomic E-state index is 12.6. The van der Waals surface area contributed by atoms with E-state index in [2.05, 4.69) is 5.32 Å². The largest absolute Gasteiger partial charge is 0.484 e. The molecule has 0 spiro atoms. The predicted octanol–water partition coefficient (Wildman–Crippen LogP) is 4.83. The van der Waals surface area contributed by atoms with Gasteiger partial charge < -0.3 is 14.8 Å². The highest BCUT2D eigenvalue weighted by atomic mass is 32.1. The van der Waals surface area contributed by atoms with Gasteiger partial charge in [-0.3, -0.25) is 4.79 Å².